The lowest BCUT2D eigenvalue weighted by molar-refractivity contribution is -0.121. The minimum atomic E-state index is -0.307. The fraction of sp³-hybridized carbons (Fsp3) is 0.364. The van der Waals surface area contributed by atoms with Gasteiger partial charge < -0.3 is 11.1 Å². The van der Waals surface area contributed by atoms with Crippen LogP contribution < -0.4 is 11.1 Å². The van der Waals surface area contributed by atoms with Crippen molar-refractivity contribution >= 4 is 35.2 Å². The number of carbonyl (C=O) groups is 2. The highest BCUT2D eigenvalue weighted by Crippen LogP contribution is 2.35. The Morgan fingerprint density at radius 1 is 1.07 bits per heavy atom. The zero-order valence-corrected chi connectivity index (χ0v) is 17.8. The predicted molar refractivity (Wildman–Crippen MR) is 119 cm³/mol. The van der Waals surface area contributed by atoms with E-state index < -0.39 is 0 Å². The van der Waals surface area contributed by atoms with Gasteiger partial charge in [-0.25, -0.2) is 0 Å². The van der Waals surface area contributed by atoms with E-state index in [4.69, 9.17) is 17.3 Å². The van der Waals surface area contributed by atoms with Crippen LogP contribution in [0.4, 0.5) is 0 Å². The topological polar surface area (TPSA) is 75.4 Å². The first-order valence-corrected chi connectivity index (χ1v) is 11.2. The van der Waals surface area contributed by atoms with E-state index >= 15 is 0 Å². The fourth-order valence-electron chi connectivity index (χ4n) is 3.53. The van der Waals surface area contributed by atoms with Gasteiger partial charge in [-0.05, 0) is 36.1 Å². The van der Waals surface area contributed by atoms with Gasteiger partial charge in [-0.15, -0.1) is 11.8 Å². The van der Waals surface area contributed by atoms with Gasteiger partial charge in [-0.3, -0.25) is 14.5 Å². The van der Waals surface area contributed by atoms with Crippen LogP contribution in [0.15, 0.2) is 54.6 Å². The molecule has 2 aromatic carbocycles. The molecular weight excluding hydrogens is 406 g/mol. The van der Waals surface area contributed by atoms with Crippen molar-refractivity contribution in [1.82, 2.24) is 10.2 Å². The highest BCUT2D eigenvalue weighted by molar-refractivity contribution is 8.00. The van der Waals surface area contributed by atoms with Crippen molar-refractivity contribution in [1.29, 1.82) is 0 Å². The molecule has 7 heteroatoms. The zero-order valence-electron chi connectivity index (χ0n) is 16.2. The maximum atomic E-state index is 12.6. The molecular formula is C22H26ClN3O2S. The summed E-state index contributed by atoms with van der Waals surface area (Å²) in [6.07, 6.45) is 1.67. The molecule has 154 valence electrons. The molecule has 1 saturated heterocycles. The quantitative estimate of drug-likeness (QED) is 0.672. The molecule has 5 nitrogen and oxygen atoms in total. The Morgan fingerprint density at radius 3 is 2.31 bits per heavy atom. The fourth-order valence-corrected chi connectivity index (χ4v) is 4.76. The minimum absolute atomic E-state index is 0.0400. The smallest absolute Gasteiger partial charge is 0.231 e. The van der Waals surface area contributed by atoms with Crippen molar-refractivity contribution in [2.45, 2.75) is 24.1 Å². The van der Waals surface area contributed by atoms with Crippen LogP contribution in [0.25, 0.3) is 0 Å². The third-order valence-corrected chi connectivity index (χ3v) is 6.55. The van der Waals surface area contributed by atoms with Crippen LogP contribution >= 0.6 is 23.4 Å². The lowest BCUT2D eigenvalue weighted by Gasteiger charge is -2.31. The molecule has 0 aliphatic carbocycles. The largest absolute Gasteiger partial charge is 0.369 e. The molecule has 1 aliphatic heterocycles. The first kappa shape index (κ1) is 21.7. The van der Waals surface area contributed by atoms with Crippen LogP contribution in [-0.4, -0.2) is 48.1 Å². The molecule has 29 heavy (non-hydrogen) atoms. The highest BCUT2D eigenvalue weighted by atomic mass is 35.5. The number of nitrogens with zero attached hydrogens (tertiary/aromatic N) is 1. The van der Waals surface area contributed by atoms with Gasteiger partial charge >= 0.3 is 0 Å². The third kappa shape index (κ3) is 6.77. The highest BCUT2D eigenvalue weighted by Gasteiger charge is 2.22. The molecule has 3 rings (SSSR count). The number of amides is 2. The Labute approximate surface area is 181 Å². The van der Waals surface area contributed by atoms with E-state index in [1.165, 1.54) is 0 Å². The number of halogens is 1. The maximum Gasteiger partial charge on any atom is 0.231 e. The Bertz CT molecular complexity index is 809. The number of primary amides is 1. The van der Waals surface area contributed by atoms with Crippen LogP contribution in [0.2, 0.25) is 5.02 Å². The van der Waals surface area contributed by atoms with Gasteiger partial charge in [0.2, 0.25) is 11.8 Å². The summed E-state index contributed by atoms with van der Waals surface area (Å²) in [6.45, 7) is 1.84. The van der Waals surface area contributed by atoms with Crippen LogP contribution in [0, 0.1) is 0 Å². The zero-order chi connectivity index (χ0) is 20.6. The summed E-state index contributed by atoms with van der Waals surface area (Å²) in [5.74, 6) is 0.111. The predicted octanol–water partition coefficient (Wildman–Crippen LogP) is 3.23. The number of hydrogen-bond donors (Lipinski definition) is 2. The summed E-state index contributed by atoms with van der Waals surface area (Å²) in [6, 6.07) is 18.1. The van der Waals surface area contributed by atoms with Crippen LogP contribution in [0.5, 0.6) is 0 Å². The number of nitrogens with two attached hydrogens (primary N) is 1. The van der Waals surface area contributed by atoms with Gasteiger partial charge in [0, 0.05) is 24.2 Å². The average molecular weight is 432 g/mol. The summed E-state index contributed by atoms with van der Waals surface area (Å²) < 4.78 is 0. The van der Waals surface area contributed by atoms with Crippen molar-refractivity contribution in [3.05, 3.63) is 70.7 Å². The summed E-state index contributed by atoms with van der Waals surface area (Å²) in [4.78, 5) is 25.6. The molecule has 3 N–H and O–H groups in total. The number of rotatable bonds is 8. The second kappa shape index (κ2) is 10.7. The summed E-state index contributed by atoms with van der Waals surface area (Å²) in [5, 5.41) is 3.90. The molecule has 2 amide bonds. The van der Waals surface area contributed by atoms with Crippen LogP contribution in [0.3, 0.4) is 0 Å². The van der Waals surface area contributed by atoms with Gasteiger partial charge in [0.1, 0.15) is 0 Å². The van der Waals surface area contributed by atoms with Crippen molar-refractivity contribution in [3.8, 4) is 0 Å². The SMILES string of the molecule is NC(=O)CN1CCC(NC(=O)CSC(c2ccccc2)c2ccc(Cl)cc2)CC1. The van der Waals surface area contributed by atoms with E-state index in [2.05, 4.69) is 17.4 Å². The van der Waals surface area contributed by atoms with E-state index in [0.29, 0.717) is 10.8 Å². The lowest BCUT2D eigenvalue weighted by atomic mass is 10.0. The Kier molecular flexibility index (Phi) is 7.98. The summed E-state index contributed by atoms with van der Waals surface area (Å²) in [5.41, 5.74) is 7.53. The minimum Gasteiger partial charge on any atom is -0.369 e. The van der Waals surface area contributed by atoms with E-state index in [-0.39, 0.29) is 29.7 Å². The molecule has 0 bridgehead atoms. The van der Waals surface area contributed by atoms with Gasteiger partial charge in [-0.1, -0.05) is 54.1 Å². The number of thioether (sulfide) groups is 1. The third-order valence-electron chi connectivity index (χ3n) is 4.99. The number of carbonyl (C=O) groups excluding carboxylic acids is 2. The van der Waals surface area contributed by atoms with Gasteiger partial charge in [0.15, 0.2) is 0 Å². The van der Waals surface area contributed by atoms with E-state index in [9.17, 15) is 9.59 Å². The van der Waals surface area contributed by atoms with Crippen LogP contribution in [-0.2, 0) is 9.59 Å². The monoisotopic (exact) mass is 431 g/mol. The normalized spacial score (nSPS) is 16.3. The molecule has 0 aromatic heterocycles. The Balaban J connectivity index is 1.55. The number of nitrogens with one attached hydrogen (secondary N) is 1. The second-order valence-corrected chi connectivity index (χ2v) is 8.77. The maximum absolute atomic E-state index is 12.6. The van der Waals surface area contributed by atoms with Gasteiger partial charge in [0.05, 0.1) is 17.5 Å². The average Bonchev–Trinajstić information content (AvgIpc) is 2.71. The van der Waals surface area contributed by atoms with E-state index in [1.807, 2.05) is 47.4 Å². The molecule has 1 aliphatic rings. The molecule has 1 heterocycles. The van der Waals surface area contributed by atoms with Gasteiger partial charge in [-0.2, -0.15) is 0 Å². The van der Waals surface area contributed by atoms with Gasteiger partial charge in [0.25, 0.3) is 0 Å². The molecule has 0 spiro atoms. The molecule has 1 atom stereocenters. The number of hydrogen-bond acceptors (Lipinski definition) is 4. The first-order chi connectivity index (χ1) is 14.0. The molecule has 1 fully saturated rings. The summed E-state index contributed by atoms with van der Waals surface area (Å²) in [7, 11) is 0. The lowest BCUT2D eigenvalue weighted by Crippen LogP contribution is -2.47. The number of benzene rings is 2. The van der Waals surface area contributed by atoms with Crippen molar-refractivity contribution < 1.29 is 9.59 Å². The van der Waals surface area contributed by atoms with E-state index in [1.54, 1.807) is 11.8 Å². The van der Waals surface area contributed by atoms with Crippen molar-refractivity contribution in [3.63, 3.8) is 0 Å². The van der Waals surface area contributed by atoms with Crippen LogP contribution in [0.1, 0.15) is 29.2 Å². The van der Waals surface area contributed by atoms with Crippen molar-refractivity contribution in [2.75, 3.05) is 25.4 Å². The summed E-state index contributed by atoms with van der Waals surface area (Å²) >= 11 is 7.65. The van der Waals surface area contributed by atoms with E-state index in [0.717, 1.165) is 37.1 Å². The molecule has 1 unspecified atom stereocenters. The molecule has 0 saturated carbocycles. The molecule has 0 radical (unpaired) electrons. The first-order valence-electron chi connectivity index (χ1n) is 9.73. The number of likely N-dealkylation sites (tertiary alicyclic amines) is 1. The Morgan fingerprint density at radius 2 is 1.69 bits per heavy atom. The molecule has 2 aromatic rings. The second-order valence-electron chi connectivity index (χ2n) is 7.24. The standard InChI is InChI=1S/C22H26ClN3O2S/c23-18-8-6-17(7-9-18)22(16-4-2-1-3-5-16)29-15-21(28)25-19-10-12-26(13-11-19)14-20(24)27/h1-9,19,22H,10-15H2,(H2,24,27)(H,25,28). The van der Waals surface area contributed by atoms with Crippen molar-refractivity contribution in [2.24, 2.45) is 5.73 Å². The Hall–Kier alpha value is -2.02. The number of piperidine rings is 1.